The van der Waals surface area contributed by atoms with Crippen LogP contribution in [0.4, 0.5) is 27.4 Å². The van der Waals surface area contributed by atoms with E-state index in [9.17, 15) is 4.39 Å². The molecule has 24 heavy (non-hydrogen) atoms. The molecule has 0 spiro atoms. The van der Waals surface area contributed by atoms with Gasteiger partial charge in [-0.1, -0.05) is 17.7 Å². The number of hydrogen-bond donors (Lipinski definition) is 2. The summed E-state index contributed by atoms with van der Waals surface area (Å²) < 4.78 is 13.0. The molecular weight excluding hydrogens is 303 g/mol. The number of aryl methyl sites for hydroxylation is 3. The summed E-state index contributed by atoms with van der Waals surface area (Å²) in [7, 11) is 0. The van der Waals surface area contributed by atoms with E-state index in [0.29, 0.717) is 17.5 Å². The molecule has 0 aliphatic carbocycles. The molecule has 1 aromatic heterocycles. The Kier molecular flexibility index (Phi) is 4.42. The molecule has 0 aliphatic heterocycles. The van der Waals surface area contributed by atoms with Crippen molar-refractivity contribution in [2.24, 2.45) is 0 Å². The van der Waals surface area contributed by atoms with Gasteiger partial charge in [-0.25, -0.2) is 14.4 Å². The summed E-state index contributed by atoms with van der Waals surface area (Å²) in [6.07, 6.45) is 0. The normalized spacial score (nSPS) is 10.5. The fourth-order valence-corrected chi connectivity index (χ4v) is 2.47. The van der Waals surface area contributed by atoms with E-state index in [1.165, 1.54) is 17.7 Å². The van der Waals surface area contributed by atoms with Gasteiger partial charge in [0.1, 0.15) is 23.3 Å². The molecule has 0 unspecified atom stereocenters. The van der Waals surface area contributed by atoms with E-state index in [2.05, 4.69) is 46.6 Å². The topological polar surface area (TPSA) is 49.8 Å². The maximum absolute atomic E-state index is 13.0. The number of nitrogens with zero attached hydrogens (tertiary/aromatic N) is 2. The van der Waals surface area contributed by atoms with Crippen LogP contribution in [0.15, 0.2) is 48.5 Å². The van der Waals surface area contributed by atoms with E-state index in [1.54, 1.807) is 12.1 Å². The maximum Gasteiger partial charge on any atom is 0.136 e. The molecule has 0 saturated carbocycles. The standard InChI is InChI=1S/C19H19FN4/c1-12-4-9-17(13(2)10-12)24-19-11-18(21-14(3)22-19)23-16-7-5-15(20)6-8-16/h4-11H,1-3H3,(H2,21,22,23,24). The summed E-state index contributed by atoms with van der Waals surface area (Å²) in [6.45, 7) is 5.96. The number of benzene rings is 2. The van der Waals surface area contributed by atoms with Gasteiger partial charge in [0.05, 0.1) is 0 Å². The maximum atomic E-state index is 13.0. The third-order valence-corrected chi connectivity index (χ3v) is 3.60. The molecule has 122 valence electrons. The largest absolute Gasteiger partial charge is 0.340 e. The van der Waals surface area contributed by atoms with Crippen LogP contribution in [-0.4, -0.2) is 9.97 Å². The van der Waals surface area contributed by atoms with Crippen molar-refractivity contribution in [3.05, 3.63) is 71.3 Å². The first-order valence-corrected chi connectivity index (χ1v) is 7.72. The predicted octanol–water partition coefficient (Wildman–Crippen LogP) is 5.03. The molecule has 0 amide bonds. The zero-order valence-corrected chi connectivity index (χ0v) is 13.9. The molecule has 0 atom stereocenters. The van der Waals surface area contributed by atoms with E-state index in [1.807, 2.05) is 19.1 Å². The van der Waals surface area contributed by atoms with Gasteiger partial charge in [0.25, 0.3) is 0 Å². The SMILES string of the molecule is Cc1ccc(Nc2cc(Nc3ccc(F)cc3)nc(C)n2)c(C)c1. The summed E-state index contributed by atoms with van der Waals surface area (Å²) >= 11 is 0. The lowest BCUT2D eigenvalue weighted by Gasteiger charge is -2.12. The minimum atomic E-state index is -0.267. The molecule has 0 bridgehead atoms. The molecule has 3 aromatic rings. The Morgan fingerprint density at radius 1 is 0.792 bits per heavy atom. The van der Waals surface area contributed by atoms with Crippen molar-refractivity contribution in [3.63, 3.8) is 0 Å². The van der Waals surface area contributed by atoms with Gasteiger partial charge in [0, 0.05) is 17.4 Å². The Balaban J connectivity index is 1.84. The number of nitrogens with one attached hydrogen (secondary N) is 2. The smallest absolute Gasteiger partial charge is 0.136 e. The molecule has 5 heteroatoms. The van der Waals surface area contributed by atoms with Gasteiger partial charge in [-0.2, -0.15) is 0 Å². The Bertz CT molecular complexity index is 860. The number of rotatable bonds is 4. The molecule has 3 rings (SSSR count). The number of hydrogen-bond acceptors (Lipinski definition) is 4. The third-order valence-electron chi connectivity index (χ3n) is 3.60. The Morgan fingerprint density at radius 3 is 2.12 bits per heavy atom. The highest BCUT2D eigenvalue weighted by molar-refractivity contribution is 5.65. The predicted molar refractivity (Wildman–Crippen MR) is 95.7 cm³/mol. The lowest BCUT2D eigenvalue weighted by molar-refractivity contribution is 0.628. The van der Waals surface area contributed by atoms with Gasteiger partial charge in [-0.3, -0.25) is 0 Å². The van der Waals surface area contributed by atoms with Crippen LogP contribution in [0.3, 0.4) is 0 Å². The van der Waals surface area contributed by atoms with E-state index in [-0.39, 0.29) is 5.82 Å². The monoisotopic (exact) mass is 322 g/mol. The Hall–Kier alpha value is -2.95. The Labute approximate surface area is 140 Å². The average Bonchev–Trinajstić information content (AvgIpc) is 2.52. The van der Waals surface area contributed by atoms with Crippen molar-refractivity contribution in [3.8, 4) is 0 Å². The first-order chi connectivity index (χ1) is 11.5. The Morgan fingerprint density at radius 2 is 1.46 bits per heavy atom. The van der Waals surface area contributed by atoms with E-state index in [4.69, 9.17) is 0 Å². The van der Waals surface area contributed by atoms with Crippen LogP contribution in [-0.2, 0) is 0 Å². The first-order valence-electron chi connectivity index (χ1n) is 7.72. The zero-order chi connectivity index (χ0) is 17.1. The second kappa shape index (κ2) is 6.66. The highest BCUT2D eigenvalue weighted by Gasteiger charge is 2.05. The zero-order valence-electron chi connectivity index (χ0n) is 13.9. The van der Waals surface area contributed by atoms with Gasteiger partial charge >= 0.3 is 0 Å². The van der Waals surface area contributed by atoms with Crippen molar-refractivity contribution in [1.29, 1.82) is 0 Å². The lowest BCUT2D eigenvalue weighted by atomic mass is 10.1. The van der Waals surface area contributed by atoms with Gasteiger partial charge in [-0.15, -0.1) is 0 Å². The summed E-state index contributed by atoms with van der Waals surface area (Å²) in [4.78, 5) is 8.80. The van der Waals surface area contributed by atoms with Crippen LogP contribution >= 0.6 is 0 Å². The summed E-state index contributed by atoms with van der Waals surface area (Å²) in [5.41, 5.74) is 4.15. The molecule has 2 aromatic carbocycles. The van der Waals surface area contributed by atoms with E-state index in [0.717, 1.165) is 16.9 Å². The molecule has 0 saturated heterocycles. The van der Waals surface area contributed by atoms with Crippen molar-refractivity contribution in [1.82, 2.24) is 9.97 Å². The molecular formula is C19H19FN4. The average molecular weight is 322 g/mol. The molecule has 1 heterocycles. The van der Waals surface area contributed by atoms with Crippen molar-refractivity contribution < 1.29 is 4.39 Å². The number of halogens is 1. The molecule has 0 radical (unpaired) electrons. The van der Waals surface area contributed by atoms with E-state index < -0.39 is 0 Å². The van der Waals surface area contributed by atoms with Crippen LogP contribution in [0, 0.1) is 26.6 Å². The van der Waals surface area contributed by atoms with Gasteiger partial charge in [0.15, 0.2) is 0 Å². The molecule has 0 aliphatic rings. The van der Waals surface area contributed by atoms with Crippen LogP contribution in [0.1, 0.15) is 17.0 Å². The minimum absolute atomic E-state index is 0.267. The fourth-order valence-electron chi connectivity index (χ4n) is 2.47. The lowest BCUT2D eigenvalue weighted by Crippen LogP contribution is -2.02. The molecule has 4 nitrogen and oxygen atoms in total. The second-order valence-corrected chi connectivity index (χ2v) is 5.76. The summed E-state index contributed by atoms with van der Waals surface area (Å²) in [5, 5.41) is 6.49. The summed E-state index contributed by atoms with van der Waals surface area (Å²) in [6, 6.07) is 14.2. The number of aromatic nitrogens is 2. The van der Waals surface area contributed by atoms with E-state index >= 15 is 0 Å². The fraction of sp³-hybridized carbons (Fsp3) is 0.158. The van der Waals surface area contributed by atoms with Gasteiger partial charge in [-0.05, 0) is 56.7 Å². The third kappa shape index (κ3) is 3.87. The van der Waals surface area contributed by atoms with Gasteiger partial charge < -0.3 is 10.6 Å². The van der Waals surface area contributed by atoms with Crippen molar-refractivity contribution in [2.45, 2.75) is 20.8 Å². The van der Waals surface area contributed by atoms with Crippen LogP contribution in [0.25, 0.3) is 0 Å². The highest BCUT2D eigenvalue weighted by atomic mass is 19.1. The summed E-state index contributed by atoms with van der Waals surface area (Å²) in [5.74, 6) is 1.74. The van der Waals surface area contributed by atoms with Crippen molar-refractivity contribution >= 4 is 23.0 Å². The first kappa shape index (κ1) is 15.9. The van der Waals surface area contributed by atoms with Crippen LogP contribution in [0.2, 0.25) is 0 Å². The van der Waals surface area contributed by atoms with Crippen LogP contribution < -0.4 is 10.6 Å². The second-order valence-electron chi connectivity index (χ2n) is 5.76. The van der Waals surface area contributed by atoms with Gasteiger partial charge in [0.2, 0.25) is 0 Å². The number of anilines is 4. The van der Waals surface area contributed by atoms with Crippen LogP contribution in [0.5, 0.6) is 0 Å². The highest BCUT2D eigenvalue weighted by Crippen LogP contribution is 2.23. The quantitative estimate of drug-likeness (QED) is 0.707. The molecule has 0 fully saturated rings. The minimum Gasteiger partial charge on any atom is -0.340 e. The molecule has 2 N–H and O–H groups in total. The van der Waals surface area contributed by atoms with Crippen molar-refractivity contribution in [2.75, 3.05) is 10.6 Å².